The van der Waals surface area contributed by atoms with Gasteiger partial charge < -0.3 is 10.5 Å². The van der Waals surface area contributed by atoms with E-state index in [-0.39, 0.29) is 6.04 Å². The van der Waals surface area contributed by atoms with Crippen molar-refractivity contribution in [3.63, 3.8) is 0 Å². The Morgan fingerprint density at radius 1 is 1.44 bits per heavy atom. The SMILES string of the molecule is CCCn1nncc1C(N)c1cccc(OC)c1. The van der Waals surface area contributed by atoms with Crippen molar-refractivity contribution >= 4 is 0 Å². The van der Waals surface area contributed by atoms with Gasteiger partial charge in [-0.25, -0.2) is 4.68 Å². The summed E-state index contributed by atoms with van der Waals surface area (Å²) in [5, 5.41) is 7.98. The van der Waals surface area contributed by atoms with Crippen LogP contribution in [0.1, 0.15) is 30.6 Å². The predicted molar refractivity (Wildman–Crippen MR) is 69.3 cm³/mol. The van der Waals surface area contributed by atoms with Crippen LogP contribution < -0.4 is 10.5 Å². The van der Waals surface area contributed by atoms with E-state index in [1.165, 1.54) is 0 Å². The lowest BCUT2D eigenvalue weighted by Gasteiger charge is -2.14. The third kappa shape index (κ3) is 2.51. The number of ether oxygens (including phenoxy) is 1. The molecule has 0 radical (unpaired) electrons. The number of hydrogen-bond donors (Lipinski definition) is 1. The monoisotopic (exact) mass is 246 g/mol. The van der Waals surface area contributed by atoms with Crippen LogP contribution in [-0.4, -0.2) is 22.1 Å². The third-order valence-corrected chi connectivity index (χ3v) is 2.85. The van der Waals surface area contributed by atoms with Crippen molar-refractivity contribution in [1.82, 2.24) is 15.0 Å². The second-order valence-corrected chi connectivity index (χ2v) is 4.14. The lowest BCUT2D eigenvalue weighted by atomic mass is 10.0. The van der Waals surface area contributed by atoms with Crippen LogP contribution in [-0.2, 0) is 6.54 Å². The molecule has 5 heteroatoms. The van der Waals surface area contributed by atoms with Gasteiger partial charge in [-0.1, -0.05) is 24.3 Å². The van der Waals surface area contributed by atoms with Gasteiger partial charge in [-0.05, 0) is 24.1 Å². The lowest BCUT2D eigenvalue weighted by molar-refractivity contribution is 0.414. The highest BCUT2D eigenvalue weighted by molar-refractivity contribution is 5.33. The third-order valence-electron chi connectivity index (χ3n) is 2.85. The predicted octanol–water partition coefficient (Wildman–Crippen LogP) is 1.74. The van der Waals surface area contributed by atoms with Gasteiger partial charge in [0.05, 0.1) is 25.0 Å². The fourth-order valence-electron chi connectivity index (χ4n) is 1.90. The molecule has 0 aliphatic rings. The number of aryl methyl sites for hydroxylation is 1. The molecule has 0 aliphatic heterocycles. The second-order valence-electron chi connectivity index (χ2n) is 4.14. The number of methoxy groups -OCH3 is 1. The lowest BCUT2D eigenvalue weighted by Crippen LogP contribution is -2.17. The summed E-state index contributed by atoms with van der Waals surface area (Å²) >= 11 is 0. The van der Waals surface area contributed by atoms with E-state index in [0.717, 1.165) is 30.0 Å². The van der Waals surface area contributed by atoms with E-state index in [1.807, 2.05) is 28.9 Å². The van der Waals surface area contributed by atoms with Crippen molar-refractivity contribution in [2.24, 2.45) is 5.73 Å². The summed E-state index contributed by atoms with van der Waals surface area (Å²) < 4.78 is 7.06. The number of benzene rings is 1. The molecule has 1 aromatic carbocycles. The molecule has 1 aromatic heterocycles. The van der Waals surface area contributed by atoms with Crippen LogP contribution in [0.25, 0.3) is 0 Å². The Labute approximate surface area is 107 Å². The van der Waals surface area contributed by atoms with E-state index in [9.17, 15) is 0 Å². The van der Waals surface area contributed by atoms with Crippen LogP contribution in [0, 0.1) is 0 Å². The minimum absolute atomic E-state index is 0.235. The quantitative estimate of drug-likeness (QED) is 0.872. The molecular formula is C13H18N4O. The number of nitrogens with two attached hydrogens (primary N) is 1. The van der Waals surface area contributed by atoms with E-state index in [2.05, 4.69) is 17.2 Å². The average Bonchev–Trinajstić information content (AvgIpc) is 2.86. The van der Waals surface area contributed by atoms with Gasteiger partial charge in [-0.3, -0.25) is 0 Å². The van der Waals surface area contributed by atoms with Crippen LogP contribution in [0.4, 0.5) is 0 Å². The van der Waals surface area contributed by atoms with Gasteiger partial charge in [0, 0.05) is 6.54 Å². The highest BCUT2D eigenvalue weighted by Crippen LogP contribution is 2.22. The van der Waals surface area contributed by atoms with Gasteiger partial charge in [0.15, 0.2) is 0 Å². The molecule has 2 aromatic rings. The molecule has 5 nitrogen and oxygen atoms in total. The minimum Gasteiger partial charge on any atom is -0.497 e. The smallest absolute Gasteiger partial charge is 0.119 e. The zero-order chi connectivity index (χ0) is 13.0. The molecule has 1 unspecified atom stereocenters. The van der Waals surface area contributed by atoms with Gasteiger partial charge in [0.2, 0.25) is 0 Å². The van der Waals surface area contributed by atoms with Crippen molar-refractivity contribution in [1.29, 1.82) is 0 Å². The molecule has 2 N–H and O–H groups in total. The maximum Gasteiger partial charge on any atom is 0.119 e. The van der Waals surface area contributed by atoms with Crippen molar-refractivity contribution in [2.45, 2.75) is 25.9 Å². The Morgan fingerprint density at radius 2 is 2.28 bits per heavy atom. The first-order valence-electron chi connectivity index (χ1n) is 6.04. The fourth-order valence-corrected chi connectivity index (χ4v) is 1.90. The topological polar surface area (TPSA) is 66.0 Å². The Kier molecular flexibility index (Phi) is 3.94. The molecule has 2 rings (SSSR count). The van der Waals surface area contributed by atoms with E-state index < -0.39 is 0 Å². The number of nitrogens with zero attached hydrogens (tertiary/aromatic N) is 3. The molecule has 0 amide bonds. The average molecular weight is 246 g/mol. The summed E-state index contributed by atoms with van der Waals surface area (Å²) in [5.41, 5.74) is 8.17. The Balaban J connectivity index is 2.29. The van der Waals surface area contributed by atoms with E-state index >= 15 is 0 Å². The summed E-state index contributed by atoms with van der Waals surface area (Å²) in [4.78, 5) is 0. The first-order chi connectivity index (χ1) is 8.76. The minimum atomic E-state index is -0.235. The normalized spacial score (nSPS) is 12.4. The molecule has 0 spiro atoms. The van der Waals surface area contributed by atoms with E-state index in [4.69, 9.17) is 10.5 Å². The number of aromatic nitrogens is 3. The number of hydrogen-bond acceptors (Lipinski definition) is 4. The molecule has 0 saturated heterocycles. The van der Waals surface area contributed by atoms with Crippen LogP contribution >= 0.6 is 0 Å². The van der Waals surface area contributed by atoms with Crippen molar-refractivity contribution in [2.75, 3.05) is 7.11 Å². The molecule has 96 valence electrons. The zero-order valence-corrected chi connectivity index (χ0v) is 10.7. The molecule has 18 heavy (non-hydrogen) atoms. The zero-order valence-electron chi connectivity index (χ0n) is 10.7. The molecule has 0 saturated carbocycles. The van der Waals surface area contributed by atoms with Gasteiger partial charge >= 0.3 is 0 Å². The highest BCUT2D eigenvalue weighted by atomic mass is 16.5. The molecule has 0 fully saturated rings. The standard InChI is InChI=1S/C13H18N4O/c1-3-7-17-12(9-15-16-17)13(14)10-5-4-6-11(8-10)18-2/h4-6,8-9,13H,3,7,14H2,1-2H3. The van der Waals surface area contributed by atoms with Gasteiger partial charge in [0.1, 0.15) is 5.75 Å². The first-order valence-corrected chi connectivity index (χ1v) is 6.04. The molecular weight excluding hydrogens is 228 g/mol. The van der Waals surface area contributed by atoms with Crippen LogP contribution in [0.2, 0.25) is 0 Å². The van der Waals surface area contributed by atoms with Gasteiger partial charge in [-0.15, -0.1) is 5.10 Å². The summed E-state index contributed by atoms with van der Waals surface area (Å²) in [7, 11) is 1.65. The van der Waals surface area contributed by atoms with Crippen LogP contribution in [0.5, 0.6) is 5.75 Å². The Hall–Kier alpha value is -1.88. The maximum absolute atomic E-state index is 6.26. The second kappa shape index (κ2) is 5.64. The molecule has 0 bridgehead atoms. The van der Waals surface area contributed by atoms with Crippen molar-refractivity contribution in [3.8, 4) is 5.75 Å². The number of rotatable bonds is 5. The Morgan fingerprint density at radius 3 is 3.00 bits per heavy atom. The molecule has 1 atom stereocenters. The summed E-state index contributed by atoms with van der Waals surface area (Å²) in [5.74, 6) is 0.803. The molecule has 1 heterocycles. The summed E-state index contributed by atoms with van der Waals surface area (Å²) in [6.07, 6.45) is 2.72. The van der Waals surface area contributed by atoms with Crippen LogP contribution in [0.15, 0.2) is 30.5 Å². The Bertz CT molecular complexity index is 509. The highest BCUT2D eigenvalue weighted by Gasteiger charge is 2.15. The maximum atomic E-state index is 6.26. The summed E-state index contributed by atoms with van der Waals surface area (Å²) in [6, 6.07) is 7.52. The fraction of sp³-hybridized carbons (Fsp3) is 0.385. The van der Waals surface area contributed by atoms with Gasteiger partial charge in [-0.2, -0.15) is 0 Å². The van der Waals surface area contributed by atoms with E-state index in [1.54, 1.807) is 13.3 Å². The summed E-state index contributed by atoms with van der Waals surface area (Å²) in [6.45, 7) is 2.93. The van der Waals surface area contributed by atoms with Crippen molar-refractivity contribution < 1.29 is 4.74 Å². The van der Waals surface area contributed by atoms with E-state index in [0.29, 0.717) is 0 Å². The molecule has 0 aliphatic carbocycles. The van der Waals surface area contributed by atoms with Crippen molar-refractivity contribution in [3.05, 3.63) is 41.7 Å². The first kappa shape index (κ1) is 12.6. The van der Waals surface area contributed by atoms with Gasteiger partial charge in [0.25, 0.3) is 0 Å². The largest absolute Gasteiger partial charge is 0.497 e. The van der Waals surface area contributed by atoms with Crippen LogP contribution in [0.3, 0.4) is 0 Å².